The molecule has 18 heavy (non-hydrogen) atoms. The molecule has 0 atom stereocenters. The van der Waals surface area contributed by atoms with E-state index in [-0.39, 0.29) is 13.2 Å². The number of aliphatic hydroxyl groups is 1. The molecule has 0 unspecified atom stereocenters. The molecule has 0 bridgehead atoms. The Morgan fingerprint density at radius 2 is 1.39 bits per heavy atom. The van der Waals surface area contributed by atoms with Crippen molar-refractivity contribution in [1.29, 1.82) is 0 Å². The fraction of sp³-hybridized carbons (Fsp3) is 0.727. The minimum absolute atomic E-state index is 0.107. The maximum absolute atomic E-state index is 11.4. The highest BCUT2D eigenvalue weighted by atomic mass is 16.6. The van der Waals surface area contributed by atoms with Gasteiger partial charge in [0.05, 0.1) is 33.2 Å². The highest BCUT2D eigenvalue weighted by Crippen LogP contribution is 2.19. The number of carbonyl (C=O) groups excluding carboxylic acids is 3. The van der Waals surface area contributed by atoms with Gasteiger partial charge < -0.3 is 19.3 Å². The minimum atomic E-state index is -2.26. The molecule has 0 aromatic heterocycles. The zero-order valence-electron chi connectivity index (χ0n) is 10.7. The molecular formula is C11H18O7. The van der Waals surface area contributed by atoms with Crippen LogP contribution in [0.1, 0.15) is 26.7 Å². The summed E-state index contributed by atoms with van der Waals surface area (Å²) in [7, 11) is 1.05. The summed E-state index contributed by atoms with van der Waals surface area (Å²) in [6.45, 7) is 3.38. The second-order valence-electron chi connectivity index (χ2n) is 3.49. The van der Waals surface area contributed by atoms with Crippen molar-refractivity contribution in [3.05, 3.63) is 0 Å². The Morgan fingerprint density at radius 3 is 1.67 bits per heavy atom. The average Bonchev–Trinajstić information content (AvgIpc) is 2.27. The third kappa shape index (κ3) is 5.13. The quantitative estimate of drug-likeness (QED) is 0.501. The Morgan fingerprint density at radius 1 is 1.00 bits per heavy atom. The van der Waals surface area contributed by atoms with Crippen LogP contribution in [0, 0.1) is 0 Å². The van der Waals surface area contributed by atoms with E-state index in [1.807, 2.05) is 0 Å². The number of ether oxygens (including phenoxy) is 3. The molecule has 0 rings (SSSR count). The molecule has 104 valence electrons. The lowest BCUT2D eigenvalue weighted by Gasteiger charge is -2.23. The van der Waals surface area contributed by atoms with Crippen LogP contribution in [0.5, 0.6) is 0 Å². The number of esters is 3. The standard InChI is InChI=1S/C11H18O7/c1-4-17-8(12)6-11(15,10(14)16-3)7-9(13)18-5-2/h15H,4-7H2,1-3H3. The molecule has 0 saturated heterocycles. The molecule has 0 aliphatic carbocycles. The molecule has 7 nitrogen and oxygen atoms in total. The summed E-state index contributed by atoms with van der Waals surface area (Å²) < 4.78 is 13.6. The topological polar surface area (TPSA) is 99.1 Å². The van der Waals surface area contributed by atoms with E-state index < -0.39 is 36.4 Å². The number of carbonyl (C=O) groups is 3. The van der Waals surface area contributed by atoms with E-state index in [0.29, 0.717) is 0 Å². The van der Waals surface area contributed by atoms with Crippen molar-refractivity contribution < 1.29 is 33.7 Å². The van der Waals surface area contributed by atoms with Crippen molar-refractivity contribution in [2.75, 3.05) is 20.3 Å². The zero-order valence-corrected chi connectivity index (χ0v) is 10.7. The Hall–Kier alpha value is -1.63. The van der Waals surface area contributed by atoms with Gasteiger partial charge in [-0.3, -0.25) is 9.59 Å². The van der Waals surface area contributed by atoms with E-state index in [1.165, 1.54) is 0 Å². The van der Waals surface area contributed by atoms with E-state index in [4.69, 9.17) is 0 Å². The smallest absolute Gasteiger partial charge is 0.339 e. The van der Waals surface area contributed by atoms with Crippen LogP contribution < -0.4 is 0 Å². The lowest BCUT2D eigenvalue weighted by molar-refractivity contribution is -0.175. The molecule has 1 N–H and O–H groups in total. The lowest BCUT2D eigenvalue weighted by atomic mass is 9.95. The van der Waals surface area contributed by atoms with Crippen LogP contribution in [-0.2, 0) is 28.6 Å². The molecule has 0 aliphatic heterocycles. The van der Waals surface area contributed by atoms with Gasteiger partial charge in [0.15, 0.2) is 5.60 Å². The molecule has 0 aromatic rings. The van der Waals surface area contributed by atoms with Crippen LogP contribution in [0.25, 0.3) is 0 Å². The molecule has 0 spiro atoms. The number of hydrogen-bond donors (Lipinski definition) is 1. The van der Waals surface area contributed by atoms with Gasteiger partial charge in [-0.1, -0.05) is 0 Å². The predicted octanol–water partition coefficient (Wildman–Crippen LogP) is -0.203. The van der Waals surface area contributed by atoms with Gasteiger partial charge in [-0.05, 0) is 13.8 Å². The predicted molar refractivity (Wildman–Crippen MR) is 59.5 cm³/mol. The van der Waals surface area contributed by atoms with Crippen molar-refractivity contribution in [1.82, 2.24) is 0 Å². The number of hydrogen-bond acceptors (Lipinski definition) is 7. The molecule has 0 heterocycles. The highest BCUT2D eigenvalue weighted by molar-refractivity contribution is 5.89. The summed E-state index contributed by atoms with van der Waals surface area (Å²) in [6.07, 6.45) is -1.32. The lowest BCUT2D eigenvalue weighted by Crippen LogP contribution is -2.44. The van der Waals surface area contributed by atoms with Gasteiger partial charge in [0, 0.05) is 0 Å². The largest absolute Gasteiger partial charge is 0.467 e. The normalized spacial score (nSPS) is 10.7. The van der Waals surface area contributed by atoms with Gasteiger partial charge in [-0.25, -0.2) is 4.79 Å². The van der Waals surface area contributed by atoms with Crippen molar-refractivity contribution in [3.8, 4) is 0 Å². The van der Waals surface area contributed by atoms with Crippen molar-refractivity contribution in [2.24, 2.45) is 0 Å². The summed E-state index contributed by atoms with van der Waals surface area (Å²) in [5.41, 5.74) is -2.26. The van der Waals surface area contributed by atoms with Gasteiger partial charge in [0.25, 0.3) is 0 Å². The Balaban J connectivity index is 4.77. The van der Waals surface area contributed by atoms with Crippen LogP contribution in [0.3, 0.4) is 0 Å². The molecule has 0 amide bonds. The van der Waals surface area contributed by atoms with Crippen LogP contribution in [0.4, 0.5) is 0 Å². The first-order valence-electron chi connectivity index (χ1n) is 5.51. The maximum atomic E-state index is 11.4. The van der Waals surface area contributed by atoms with Gasteiger partial charge in [0.1, 0.15) is 0 Å². The van der Waals surface area contributed by atoms with Crippen LogP contribution in [-0.4, -0.2) is 48.9 Å². The SMILES string of the molecule is CCOC(=O)CC(O)(CC(=O)OCC)C(=O)OC. The molecule has 7 heteroatoms. The van der Waals surface area contributed by atoms with E-state index >= 15 is 0 Å². The van der Waals surface area contributed by atoms with Crippen LogP contribution in [0.2, 0.25) is 0 Å². The van der Waals surface area contributed by atoms with E-state index in [0.717, 1.165) is 7.11 Å². The molecule has 0 saturated carbocycles. The molecule has 0 aromatic carbocycles. The summed E-state index contributed by atoms with van der Waals surface area (Å²) in [6, 6.07) is 0. The first-order chi connectivity index (χ1) is 8.39. The van der Waals surface area contributed by atoms with Gasteiger partial charge in [0.2, 0.25) is 0 Å². The third-order valence-corrected chi connectivity index (χ3v) is 2.05. The number of methoxy groups -OCH3 is 1. The second kappa shape index (κ2) is 7.65. The molecule has 0 fully saturated rings. The first kappa shape index (κ1) is 16.4. The van der Waals surface area contributed by atoms with Crippen molar-refractivity contribution >= 4 is 17.9 Å². The fourth-order valence-corrected chi connectivity index (χ4v) is 1.30. The molecule has 0 radical (unpaired) electrons. The molecular weight excluding hydrogens is 244 g/mol. The summed E-state index contributed by atoms with van der Waals surface area (Å²) >= 11 is 0. The van der Waals surface area contributed by atoms with Crippen LogP contribution in [0.15, 0.2) is 0 Å². The first-order valence-corrected chi connectivity index (χ1v) is 5.51. The van der Waals surface area contributed by atoms with Crippen molar-refractivity contribution in [2.45, 2.75) is 32.3 Å². The molecule has 0 aliphatic rings. The van der Waals surface area contributed by atoms with Gasteiger partial charge in [-0.15, -0.1) is 0 Å². The van der Waals surface area contributed by atoms with E-state index in [9.17, 15) is 19.5 Å². The number of rotatable bonds is 7. The van der Waals surface area contributed by atoms with Crippen LogP contribution >= 0.6 is 0 Å². The zero-order chi connectivity index (χ0) is 14.2. The Labute approximate surface area is 105 Å². The Bertz CT molecular complexity index is 291. The Kier molecular flexibility index (Phi) is 6.96. The van der Waals surface area contributed by atoms with E-state index in [1.54, 1.807) is 13.8 Å². The monoisotopic (exact) mass is 262 g/mol. The van der Waals surface area contributed by atoms with E-state index in [2.05, 4.69) is 14.2 Å². The van der Waals surface area contributed by atoms with Gasteiger partial charge >= 0.3 is 17.9 Å². The van der Waals surface area contributed by atoms with Crippen molar-refractivity contribution in [3.63, 3.8) is 0 Å². The van der Waals surface area contributed by atoms with Gasteiger partial charge in [-0.2, -0.15) is 0 Å². The fourth-order valence-electron chi connectivity index (χ4n) is 1.30. The summed E-state index contributed by atoms with van der Waals surface area (Å²) in [5.74, 6) is -2.67. The maximum Gasteiger partial charge on any atom is 0.339 e. The highest BCUT2D eigenvalue weighted by Gasteiger charge is 2.42. The third-order valence-electron chi connectivity index (χ3n) is 2.05. The average molecular weight is 262 g/mol. The summed E-state index contributed by atoms with van der Waals surface area (Å²) in [4.78, 5) is 34.0. The summed E-state index contributed by atoms with van der Waals surface area (Å²) in [5, 5.41) is 10.00. The second-order valence-corrected chi connectivity index (χ2v) is 3.49. The minimum Gasteiger partial charge on any atom is -0.467 e.